The third-order valence-corrected chi connectivity index (χ3v) is 4.21. The van der Waals surface area contributed by atoms with E-state index in [9.17, 15) is 22.4 Å². The van der Waals surface area contributed by atoms with Gasteiger partial charge in [-0.2, -0.15) is 13.2 Å². The normalized spacial score (nSPS) is 11.8. The lowest BCUT2D eigenvalue weighted by Gasteiger charge is -2.11. The molecule has 0 amide bonds. The van der Waals surface area contributed by atoms with Crippen molar-refractivity contribution in [1.82, 2.24) is 0 Å². The zero-order valence-electron chi connectivity index (χ0n) is 13.4. The number of fused-ring (bicyclic) bond motifs is 1. The van der Waals surface area contributed by atoms with E-state index < -0.39 is 23.3 Å². The maximum atomic E-state index is 13.3. The SMILES string of the molecule is Cc1c(C(=O)CNc2cc(C(F)(F)F)ccc2Cl)oc2ccc(F)cc12. The van der Waals surface area contributed by atoms with Gasteiger partial charge in [0.2, 0.25) is 5.78 Å². The lowest BCUT2D eigenvalue weighted by atomic mass is 10.1. The topological polar surface area (TPSA) is 42.2 Å². The van der Waals surface area contributed by atoms with Crippen molar-refractivity contribution >= 4 is 34.0 Å². The van der Waals surface area contributed by atoms with E-state index in [-0.39, 0.29) is 23.0 Å². The predicted octanol–water partition coefficient (Wildman–Crippen LogP) is 5.85. The van der Waals surface area contributed by atoms with Crippen molar-refractivity contribution in [3.63, 3.8) is 0 Å². The highest BCUT2D eigenvalue weighted by atomic mass is 35.5. The monoisotopic (exact) mass is 385 g/mol. The molecule has 1 heterocycles. The highest BCUT2D eigenvalue weighted by Crippen LogP contribution is 2.34. The van der Waals surface area contributed by atoms with Gasteiger partial charge in [0.1, 0.15) is 11.4 Å². The summed E-state index contributed by atoms with van der Waals surface area (Å²) in [6, 6.07) is 6.66. The summed E-state index contributed by atoms with van der Waals surface area (Å²) in [5.41, 5.74) is -0.0901. The molecule has 136 valence electrons. The zero-order valence-corrected chi connectivity index (χ0v) is 14.1. The first-order valence-corrected chi connectivity index (χ1v) is 7.87. The molecule has 0 aliphatic rings. The van der Waals surface area contributed by atoms with Crippen molar-refractivity contribution in [3.8, 4) is 0 Å². The second kappa shape index (κ2) is 6.64. The first-order valence-electron chi connectivity index (χ1n) is 7.49. The minimum absolute atomic E-state index is 0.0150. The highest BCUT2D eigenvalue weighted by Gasteiger charge is 2.31. The molecular formula is C18H12ClF4NO2. The van der Waals surface area contributed by atoms with Gasteiger partial charge in [0.05, 0.1) is 22.8 Å². The summed E-state index contributed by atoms with van der Waals surface area (Å²) < 4.78 is 57.1. The number of hydrogen-bond acceptors (Lipinski definition) is 3. The standard InChI is InChI=1S/C18H12ClF4NO2/c1-9-12-7-11(20)3-5-16(12)26-17(9)15(25)8-24-14-6-10(18(21,22)23)2-4-13(14)19/h2-7,24H,8H2,1H3. The van der Waals surface area contributed by atoms with Gasteiger partial charge in [-0.1, -0.05) is 11.6 Å². The minimum Gasteiger partial charge on any atom is -0.453 e. The summed E-state index contributed by atoms with van der Waals surface area (Å²) in [6.07, 6.45) is -4.52. The largest absolute Gasteiger partial charge is 0.453 e. The number of hydrogen-bond donors (Lipinski definition) is 1. The smallest absolute Gasteiger partial charge is 0.416 e. The molecule has 0 atom stereocenters. The second-order valence-corrected chi connectivity index (χ2v) is 6.07. The minimum atomic E-state index is -4.52. The van der Waals surface area contributed by atoms with Gasteiger partial charge in [-0.3, -0.25) is 4.79 Å². The average Bonchev–Trinajstić information content (AvgIpc) is 2.89. The van der Waals surface area contributed by atoms with E-state index in [1.54, 1.807) is 6.92 Å². The van der Waals surface area contributed by atoms with Crippen LogP contribution in [0.2, 0.25) is 5.02 Å². The first kappa shape index (κ1) is 18.3. The molecule has 0 radical (unpaired) electrons. The van der Waals surface area contributed by atoms with Gasteiger partial charge in [0.15, 0.2) is 5.76 Å². The number of anilines is 1. The molecule has 8 heteroatoms. The van der Waals surface area contributed by atoms with Crippen LogP contribution in [0.25, 0.3) is 11.0 Å². The fraction of sp³-hybridized carbons (Fsp3) is 0.167. The molecule has 0 saturated heterocycles. The quantitative estimate of drug-likeness (QED) is 0.452. The summed E-state index contributed by atoms with van der Waals surface area (Å²) >= 11 is 5.88. The molecule has 0 spiro atoms. The number of aryl methyl sites for hydroxylation is 1. The predicted molar refractivity (Wildman–Crippen MR) is 90.2 cm³/mol. The summed E-state index contributed by atoms with van der Waals surface area (Å²) in [5.74, 6) is -0.942. The van der Waals surface area contributed by atoms with Crippen LogP contribution in [0, 0.1) is 12.7 Å². The van der Waals surface area contributed by atoms with E-state index in [0.717, 1.165) is 18.2 Å². The van der Waals surface area contributed by atoms with Gasteiger partial charge in [-0.05, 0) is 43.3 Å². The van der Waals surface area contributed by atoms with E-state index in [0.29, 0.717) is 16.5 Å². The molecular weight excluding hydrogens is 374 g/mol. The Hall–Kier alpha value is -2.54. The van der Waals surface area contributed by atoms with Crippen molar-refractivity contribution < 1.29 is 26.8 Å². The van der Waals surface area contributed by atoms with Crippen LogP contribution in [-0.2, 0) is 6.18 Å². The fourth-order valence-corrected chi connectivity index (χ4v) is 2.74. The molecule has 0 aliphatic heterocycles. The number of furan rings is 1. The van der Waals surface area contributed by atoms with Crippen LogP contribution in [0.4, 0.5) is 23.2 Å². The third kappa shape index (κ3) is 3.53. The molecule has 0 saturated carbocycles. The Morgan fingerprint density at radius 1 is 1.19 bits per heavy atom. The molecule has 1 N–H and O–H groups in total. The van der Waals surface area contributed by atoms with E-state index in [4.69, 9.17) is 16.0 Å². The molecule has 0 unspecified atom stereocenters. The number of halogens is 5. The summed E-state index contributed by atoms with van der Waals surface area (Å²) in [6.45, 7) is 1.28. The maximum absolute atomic E-state index is 13.3. The molecule has 3 nitrogen and oxygen atoms in total. The van der Waals surface area contributed by atoms with E-state index in [1.165, 1.54) is 18.2 Å². The molecule has 2 aromatic carbocycles. The number of carbonyl (C=O) groups excluding carboxylic acids is 1. The first-order chi connectivity index (χ1) is 12.2. The summed E-state index contributed by atoms with van der Waals surface area (Å²) in [4.78, 5) is 12.4. The number of benzene rings is 2. The van der Waals surface area contributed by atoms with Crippen LogP contribution in [0.1, 0.15) is 21.7 Å². The van der Waals surface area contributed by atoms with Crippen LogP contribution in [-0.4, -0.2) is 12.3 Å². The van der Waals surface area contributed by atoms with Gasteiger partial charge < -0.3 is 9.73 Å². The Morgan fingerprint density at radius 2 is 1.92 bits per heavy atom. The van der Waals surface area contributed by atoms with Gasteiger partial charge in [0.25, 0.3) is 0 Å². The number of alkyl halides is 3. The Kier molecular flexibility index (Phi) is 4.66. The van der Waals surface area contributed by atoms with Crippen molar-refractivity contribution in [2.75, 3.05) is 11.9 Å². The van der Waals surface area contributed by atoms with Crippen molar-refractivity contribution in [2.24, 2.45) is 0 Å². The van der Waals surface area contributed by atoms with Crippen LogP contribution in [0.3, 0.4) is 0 Å². The lowest BCUT2D eigenvalue weighted by Crippen LogP contribution is -2.15. The summed E-state index contributed by atoms with van der Waals surface area (Å²) in [5, 5.41) is 3.10. The fourth-order valence-electron chi connectivity index (χ4n) is 2.55. The molecule has 1 aromatic heterocycles. The van der Waals surface area contributed by atoms with Crippen LogP contribution < -0.4 is 5.32 Å². The highest BCUT2D eigenvalue weighted by molar-refractivity contribution is 6.33. The van der Waals surface area contributed by atoms with Crippen molar-refractivity contribution in [3.05, 3.63) is 64.1 Å². The second-order valence-electron chi connectivity index (χ2n) is 5.67. The van der Waals surface area contributed by atoms with Crippen molar-refractivity contribution in [2.45, 2.75) is 13.1 Å². The Labute approximate surface area is 150 Å². The number of rotatable bonds is 4. The molecule has 0 fully saturated rings. The van der Waals surface area contributed by atoms with Crippen LogP contribution in [0.15, 0.2) is 40.8 Å². The molecule has 3 aromatic rings. The zero-order chi connectivity index (χ0) is 19.1. The van der Waals surface area contributed by atoms with Crippen LogP contribution >= 0.6 is 11.6 Å². The Balaban J connectivity index is 1.83. The maximum Gasteiger partial charge on any atom is 0.416 e. The number of nitrogens with one attached hydrogen (secondary N) is 1. The van der Waals surface area contributed by atoms with E-state index in [1.807, 2.05) is 0 Å². The average molecular weight is 386 g/mol. The summed E-state index contributed by atoms with van der Waals surface area (Å²) in [7, 11) is 0. The van der Waals surface area contributed by atoms with Crippen LogP contribution in [0.5, 0.6) is 0 Å². The third-order valence-electron chi connectivity index (χ3n) is 3.88. The number of Topliss-reactive ketones (excluding diaryl/α,β-unsaturated/α-hetero) is 1. The van der Waals surface area contributed by atoms with Gasteiger partial charge >= 0.3 is 6.18 Å². The van der Waals surface area contributed by atoms with Crippen molar-refractivity contribution in [1.29, 1.82) is 0 Å². The van der Waals surface area contributed by atoms with Gasteiger partial charge in [-0.15, -0.1) is 0 Å². The Morgan fingerprint density at radius 3 is 2.62 bits per heavy atom. The van der Waals surface area contributed by atoms with Gasteiger partial charge in [0, 0.05) is 10.9 Å². The van der Waals surface area contributed by atoms with Gasteiger partial charge in [-0.25, -0.2) is 4.39 Å². The van der Waals surface area contributed by atoms with E-state index >= 15 is 0 Å². The molecule has 0 aliphatic carbocycles. The Bertz CT molecular complexity index is 995. The van der Waals surface area contributed by atoms with E-state index in [2.05, 4.69) is 5.32 Å². The number of ketones is 1. The molecule has 3 rings (SSSR count). The molecule has 0 bridgehead atoms. The number of carbonyl (C=O) groups is 1. The lowest BCUT2D eigenvalue weighted by molar-refractivity contribution is -0.137. The molecule has 26 heavy (non-hydrogen) atoms.